The van der Waals surface area contributed by atoms with Crippen LogP contribution in [0.4, 0.5) is 0 Å². The highest BCUT2D eigenvalue weighted by Crippen LogP contribution is 2.18. The first-order valence-electron chi connectivity index (χ1n) is 34.8. The van der Waals surface area contributed by atoms with E-state index in [0.717, 1.165) is 64.2 Å². The summed E-state index contributed by atoms with van der Waals surface area (Å²) in [6.07, 6.45) is 80.6. The molecule has 0 saturated heterocycles. The van der Waals surface area contributed by atoms with Crippen molar-refractivity contribution in [3.63, 3.8) is 0 Å². The maximum absolute atomic E-state index is 12.9. The summed E-state index contributed by atoms with van der Waals surface area (Å²) in [6, 6.07) is 0. The topological polar surface area (TPSA) is 78.9 Å². The molecule has 454 valence electrons. The van der Waals surface area contributed by atoms with Crippen LogP contribution in [-0.2, 0) is 28.6 Å². The third-order valence-corrected chi connectivity index (χ3v) is 15.9. The van der Waals surface area contributed by atoms with E-state index in [2.05, 4.69) is 45.1 Å². The molecule has 0 saturated carbocycles. The summed E-state index contributed by atoms with van der Waals surface area (Å²) in [4.78, 5) is 38.4. The van der Waals surface area contributed by atoms with Crippen LogP contribution in [0.2, 0.25) is 0 Å². The van der Waals surface area contributed by atoms with E-state index in [4.69, 9.17) is 14.2 Å². The Morgan fingerprint density at radius 1 is 0.247 bits per heavy atom. The van der Waals surface area contributed by atoms with E-state index in [1.807, 2.05) is 0 Å². The molecule has 0 radical (unpaired) electrons. The molecule has 0 aromatic carbocycles. The molecule has 0 aliphatic rings. The summed E-state index contributed by atoms with van der Waals surface area (Å²) in [6.45, 7) is 6.70. The largest absolute Gasteiger partial charge is 0.462 e. The third kappa shape index (κ3) is 64.6. The fourth-order valence-corrected chi connectivity index (χ4v) is 10.7. The van der Waals surface area contributed by atoms with Crippen molar-refractivity contribution in [2.24, 2.45) is 0 Å². The molecule has 0 amide bonds. The maximum Gasteiger partial charge on any atom is 0.306 e. The fourth-order valence-electron chi connectivity index (χ4n) is 10.7. The zero-order valence-electron chi connectivity index (χ0n) is 52.3. The molecular weight excluding hydrogens is 949 g/mol. The van der Waals surface area contributed by atoms with Gasteiger partial charge in [-0.25, -0.2) is 0 Å². The first-order chi connectivity index (χ1) is 38.0. The average Bonchev–Trinajstić information content (AvgIpc) is 3.43. The summed E-state index contributed by atoms with van der Waals surface area (Å²) in [5.74, 6) is -0.854. The van der Waals surface area contributed by atoms with Crippen LogP contribution in [0.15, 0.2) is 24.3 Å². The minimum absolute atomic E-state index is 0.0704. The van der Waals surface area contributed by atoms with Crippen molar-refractivity contribution in [2.45, 2.75) is 399 Å². The van der Waals surface area contributed by atoms with E-state index in [9.17, 15) is 14.4 Å². The van der Waals surface area contributed by atoms with Gasteiger partial charge in [0.15, 0.2) is 6.10 Å². The summed E-state index contributed by atoms with van der Waals surface area (Å²) < 4.78 is 17.0. The third-order valence-electron chi connectivity index (χ3n) is 15.9. The standard InChI is InChI=1S/C71H134O6/c1-4-7-10-13-16-19-22-25-28-31-32-33-34-35-36-37-38-39-41-43-46-49-52-55-58-61-64-70(73)76-67-68(66-75-69(72)63-60-57-54-51-48-45-42-30-27-24-21-18-15-12-9-6-3)77-71(74)65-62-59-56-53-50-47-44-40-29-26-23-20-17-14-11-8-5-2/h26,29-30,42,68H,4-25,27-28,31-41,43-67H2,1-3H3/b29-26-,42-30-. The molecule has 0 heterocycles. The van der Waals surface area contributed by atoms with Gasteiger partial charge in [-0.1, -0.05) is 328 Å². The molecule has 0 aliphatic carbocycles. The van der Waals surface area contributed by atoms with Gasteiger partial charge in [0.2, 0.25) is 0 Å². The number of rotatable bonds is 65. The van der Waals surface area contributed by atoms with Crippen molar-refractivity contribution in [1.82, 2.24) is 0 Å². The van der Waals surface area contributed by atoms with Gasteiger partial charge in [0.25, 0.3) is 0 Å². The van der Waals surface area contributed by atoms with Crippen molar-refractivity contribution >= 4 is 17.9 Å². The van der Waals surface area contributed by atoms with Gasteiger partial charge in [-0.15, -0.1) is 0 Å². The lowest BCUT2D eigenvalue weighted by Gasteiger charge is -2.18. The quantitative estimate of drug-likeness (QED) is 0.0261. The van der Waals surface area contributed by atoms with Crippen LogP contribution in [0, 0.1) is 0 Å². The first-order valence-corrected chi connectivity index (χ1v) is 34.8. The molecule has 0 aliphatic heterocycles. The van der Waals surface area contributed by atoms with E-state index < -0.39 is 6.10 Å². The molecular formula is C71H134O6. The second-order valence-corrected chi connectivity index (χ2v) is 23.8. The molecule has 0 fully saturated rings. The summed E-state index contributed by atoms with van der Waals surface area (Å²) in [7, 11) is 0. The van der Waals surface area contributed by atoms with E-state index in [1.165, 1.54) is 289 Å². The molecule has 6 heteroatoms. The van der Waals surface area contributed by atoms with Crippen molar-refractivity contribution in [3.05, 3.63) is 24.3 Å². The first kappa shape index (κ1) is 74.9. The van der Waals surface area contributed by atoms with Crippen LogP contribution in [0.3, 0.4) is 0 Å². The Labute approximate surface area is 481 Å². The van der Waals surface area contributed by atoms with E-state index >= 15 is 0 Å². The van der Waals surface area contributed by atoms with Gasteiger partial charge >= 0.3 is 17.9 Å². The predicted octanol–water partition coefficient (Wildman–Crippen LogP) is 23.8. The minimum Gasteiger partial charge on any atom is -0.462 e. The SMILES string of the molecule is CCCCCCCC/C=C\CCCCCCCCCC(=O)OC(COC(=O)CCCCCCC/C=C\CCCCCCCCC)COC(=O)CCCCCCCCCCCCCCCCCCCCCCCCCCCC. The molecule has 0 N–H and O–H groups in total. The Kier molecular flexibility index (Phi) is 64.6. The van der Waals surface area contributed by atoms with Crippen LogP contribution in [0.25, 0.3) is 0 Å². The summed E-state index contributed by atoms with van der Waals surface area (Å²) >= 11 is 0. The molecule has 1 atom stereocenters. The van der Waals surface area contributed by atoms with Crippen LogP contribution >= 0.6 is 0 Å². The molecule has 0 aromatic heterocycles. The van der Waals surface area contributed by atoms with Crippen molar-refractivity contribution < 1.29 is 28.6 Å². The molecule has 0 aromatic rings. The Hall–Kier alpha value is -2.11. The molecule has 6 nitrogen and oxygen atoms in total. The number of carbonyl (C=O) groups is 3. The lowest BCUT2D eigenvalue weighted by molar-refractivity contribution is -0.167. The summed E-state index contributed by atoms with van der Waals surface area (Å²) in [5.41, 5.74) is 0. The van der Waals surface area contributed by atoms with Gasteiger partial charge in [0, 0.05) is 19.3 Å². The van der Waals surface area contributed by atoms with Gasteiger partial charge in [-0.2, -0.15) is 0 Å². The molecule has 0 bridgehead atoms. The highest BCUT2D eigenvalue weighted by molar-refractivity contribution is 5.71. The average molecular weight is 1080 g/mol. The van der Waals surface area contributed by atoms with E-state index in [0.29, 0.717) is 19.3 Å². The van der Waals surface area contributed by atoms with Crippen molar-refractivity contribution in [1.29, 1.82) is 0 Å². The van der Waals surface area contributed by atoms with Crippen molar-refractivity contribution in [2.75, 3.05) is 13.2 Å². The predicted molar refractivity (Wildman–Crippen MR) is 335 cm³/mol. The number of unbranched alkanes of at least 4 members (excludes halogenated alkanes) is 50. The van der Waals surface area contributed by atoms with Gasteiger partial charge < -0.3 is 14.2 Å². The number of hydrogen-bond acceptors (Lipinski definition) is 6. The Bertz CT molecular complexity index is 1240. The van der Waals surface area contributed by atoms with E-state index in [1.54, 1.807) is 0 Å². The number of carbonyl (C=O) groups excluding carboxylic acids is 3. The maximum atomic E-state index is 12.9. The van der Waals surface area contributed by atoms with Crippen LogP contribution in [0.5, 0.6) is 0 Å². The van der Waals surface area contributed by atoms with E-state index in [-0.39, 0.29) is 31.1 Å². The Morgan fingerprint density at radius 3 is 0.649 bits per heavy atom. The smallest absolute Gasteiger partial charge is 0.306 e. The fraction of sp³-hybridized carbons (Fsp3) is 0.901. The van der Waals surface area contributed by atoms with Crippen LogP contribution in [0.1, 0.15) is 393 Å². The zero-order valence-corrected chi connectivity index (χ0v) is 52.3. The molecule has 1 unspecified atom stereocenters. The van der Waals surface area contributed by atoms with Gasteiger partial charge in [0.05, 0.1) is 0 Å². The van der Waals surface area contributed by atoms with Gasteiger partial charge in [-0.3, -0.25) is 14.4 Å². The Balaban J connectivity index is 4.24. The highest BCUT2D eigenvalue weighted by atomic mass is 16.6. The number of allylic oxidation sites excluding steroid dienone is 4. The lowest BCUT2D eigenvalue weighted by atomic mass is 10.0. The molecule has 0 rings (SSSR count). The minimum atomic E-state index is -0.775. The Morgan fingerprint density at radius 2 is 0.429 bits per heavy atom. The zero-order chi connectivity index (χ0) is 55.7. The number of ether oxygens (including phenoxy) is 3. The summed E-state index contributed by atoms with van der Waals surface area (Å²) in [5, 5.41) is 0. The second-order valence-electron chi connectivity index (χ2n) is 23.8. The monoisotopic (exact) mass is 1080 g/mol. The number of esters is 3. The molecule has 0 spiro atoms. The molecule has 77 heavy (non-hydrogen) atoms. The lowest BCUT2D eigenvalue weighted by Crippen LogP contribution is -2.30. The second kappa shape index (κ2) is 66.4. The van der Waals surface area contributed by atoms with Crippen LogP contribution < -0.4 is 0 Å². The van der Waals surface area contributed by atoms with Gasteiger partial charge in [0.1, 0.15) is 13.2 Å². The van der Waals surface area contributed by atoms with Crippen molar-refractivity contribution in [3.8, 4) is 0 Å². The number of hydrogen-bond donors (Lipinski definition) is 0. The normalized spacial score (nSPS) is 12.1. The highest BCUT2D eigenvalue weighted by Gasteiger charge is 2.19. The van der Waals surface area contributed by atoms with Gasteiger partial charge in [-0.05, 0) is 70.6 Å². The van der Waals surface area contributed by atoms with Crippen LogP contribution in [-0.4, -0.2) is 37.2 Å².